The maximum absolute atomic E-state index is 5.50. The van der Waals surface area contributed by atoms with Gasteiger partial charge in [-0.1, -0.05) is 55.4 Å². The molecule has 1 atom stereocenters. The summed E-state index contributed by atoms with van der Waals surface area (Å²) in [5.41, 5.74) is 1.91. The van der Waals surface area contributed by atoms with E-state index in [1.165, 1.54) is 5.56 Å². The van der Waals surface area contributed by atoms with Crippen molar-refractivity contribution < 1.29 is 4.52 Å². The molecule has 0 spiro atoms. The van der Waals surface area contributed by atoms with Gasteiger partial charge >= 0.3 is 0 Å². The van der Waals surface area contributed by atoms with Crippen LogP contribution in [0.25, 0.3) is 11.5 Å². The summed E-state index contributed by atoms with van der Waals surface area (Å²) in [6, 6.07) is 15.9. The summed E-state index contributed by atoms with van der Waals surface area (Å²) in [7, 11) is 0. The second kappa shape index (κ2) is 5.87. The van der Waals surface area contributed by atoms with Gasteiger partial charge < -0.3 is 4.52 Å². The maximum Gasteiger partial charge on any atom is 0.234 e. The molecule has 0 fully saturated rings. The summed E-state index contributed by atoms with van der Waals surface area (Å²) in [6.45, 7) is 4.31. The molecule has 2 heterocycles. The molecule has 3 aromatic rings. The van der Waals surface area contributed by atoms with E-state index in [9.17, 15) is 0 Å². The van der Waals surface area contributed by atoms with Crippen LogP contribution in [0, 0.1) is 5.92 Å². The van der Waals surface area contributed by atoms with Crippen LogP contribution in [0.1, 0.15) is 31.2 Å². The van der Waals surface area contributed by atoms with E-state index in [1.54, 1.807) is 6.20 Å². The highest BCUT2D eigenvalue weighted by Gasteiger charge is 2.24. The van der Waals surface area contributed by atoms with Crippen molar-refractivity contribution in [2.45, 2.75) is 19.8 Å². The fourth-order valence-corrected chi connectivity index (χ4v) is 2.43. The van der Waals surface area contributed by atoms with E-state index < -0.39 is 0 Å². The average molecular weight is 279 g/mol. The molecule has 0 radical (unpaired) electrons. The molecule has 3 rings (SSSR count). The molecule has 4 nitrogen and oxygen atoms in total. The van der Waals surface area contributed by atoms with Gasteiger partial charge in [0.2, 0.25) is 11.7 Å². The monoisotopic (exact) mass is 279 g/mol. The van der Waals surface area contributed by atoms with Crippen LogP contribution in [0.5, 0.6) is 0 Å². The lowest BCUT2D eigenvalue weighted by molar-refractivity contribution is 0.341. The fraction of sp³-hybridized carbons (Fsp3) is 0.235. The number of aromatic nitrogens is 3. The minimum absolute atomic E-state index is 0.0937. The highest BCUT2D eigenvalue weighted by Crippen LogP contribution is 2.31. The summed E-state index contributed by atoms with van der Waals surface area (Å²) < 4.78 is 5.50. The quantitative estimate of drug-likeness (QED) is 0.726. The molecule has 0 aliphatic carbocycles. The molecule has 0 saturated carbocycles. The molecule has 21 heavy (non-hydrogen) atoms. The molecule has 0 aliphatic rings. The normalized spacial score (nSPS) is 12.5. The third-order valence-electron chi connectivity index (χ3n) is 3.43. The Morgan fingerprint density at radius 3 is 2.38 bits per heavy atom. The Kier molecular flexibility index (Phi) is 3.77. The predicted octanol–water partition coefficient (Wildman–Crippen LogP) is 3.92. The van der Waals surface area contributed by atoms with Crippen LogP contribution in [0.15, 0.2) is 59.3 Å². The molecule has 4 heteroatoms. The van der Waals surface area contributed by atoms with Gasteiger partial charge in [0, 0.05) is 6.20 Å². The number of benzene rings is 1. The van der Waals surface area contributed by atoms with E-state index in [-0.39, 0.29) is 5.92 Å². The molecular formula is C17H17N3O. The third kappa shape index (κ3) is 2.84. The largest absolute Gasteiger partial charge is 0.338 e. The SMILES string of the molecule is CC(C)C(c1ccccc1)c1nc(-c2ccccn2)no1. The molecule has 106 valence electrons. The molecular weight excluding hydrogens is 262 g/mol. The van der Waals surface area contributed by atoms with E-state index in [0.717, 1.165) is 5.69 Å². The number of rotatable bonds is 4. The van der Waals surface area contributed by atoms with Gasteiger partial charge in [-0.05, 0) is 23.6 Å². The van der Waals surface area contributed by atoms with Crippen LogP contribution in [0.2, 0.25) is 0 Å². The predicted molar refractivity (Wildman–Crippen MR) is 80.7 cm³/mol. The van der Waals surface area contributed by atoms with Crippen LogP contribution >= 0.6 is 0 Å². The molecule has 2 aromatic heterocycles. The molecule has 1 aromatic carbocycles. The molecule has 0 amide bonds. The van der Waals surface area contributed by atoms with Crippen LogP contribution < -0.4 is 0 Å². The molecule has 0 N–H and O–H groups in total. The lowest BCUT2D eigenvalue weighted by Crippen LogP contribution is -2.08. The molecule has 0 bridgehead atoms. The molecule has 1 unspecified atom stereocenters. The van der Waals surface area contributed by atoms with Gasteiger partial charge in [0.15, 0.2) is 0 Å². The van der Waals surface area contributed by atoms with Crippen LogP contribution in [0.3, 0.4) is 0 Å². The number of hydrogen-bond donors (Lipinski definition) is 0. The van der Waals surface area contributed by atoms with Crippen molar-refractivity contribution in [1.29, 1.82) is 0 Å². The Balaban J connectivity index is 1.97. The van der Waals surface area contributed by atoms with E-state index in [0.29, 0.717) is 17.6 Å². The Morgan fingerprint density at radius 2 is 1.71 bits per heavy atom. The first kappa shape index (κ1) is 13.5. The standard InChI is InChI=1S/C17H17N3O/c1-12(2)15(13-8-4-3-5-9-13)17-19-16(20-21-17)14-10-6-7-11-18-14/h3-12,15H,1-2H3. The summed E-state index contributed by atoms with van der Waals surface area (Å²) in [5, 5.41) is 4.07. The van der Waals surface area contributed by atoms with Crippen molar-refractivity contribution in [2.75, 3.05) is 0 Å². The van der Waals surface area contributed by atoms with Crippen molar-refractivity contribution in [3.8, 4) is 11.5 Å². The molecule has 0 aliphatic heterocycles. The van der Waals surface area contributed by atoms with Gasteiger partial charge in [0.05, 0.1) is 5.92 Å². The van der Waals surface area contributed by atoms with Gasteiger partial charge in [-0.2, -0.15) is 4.98 Å². The third-order valence-corrected chi connectivity index (χ3v) is 3.43. The van der Waals surface area contributed by atoms with Crippen LogP contribution in [-0.4, -0.2) is 15.1 Å². The Hall–Kier alpha value is -2.49. The van der Waals surface area contributed by atoms with E-state index >= 15 is 0 Å². The minimum atomic E-state index is 0.0937. The summed E-state index contributed by atoms with van der Waals surface area (Å²) in [6.07, 6.45) is 1.72. The Morgan fingerprint density at radius 1 is 0.952 bits per heavy atom. The lowest BCUT2D eigenvalue weighted by atomic mass is 9.88. The van der Waals surface area contributed by atoms with E-state index in [1.807, 2.05) is 36.4 Å². The number of pyridine rings is 1. The second-order valence-corrected chi connectivity index (χ2v) is 5.30. The first-order valence-electron chi connectivity index (χ1n) is 7.05. The van der Waals surface area contributed by atoms with Gasteiger partial charge in [0.1, 0.15) is 5.69 Å². The van der Waals surface area contributed by atoms with Gasteiger partial charge in [0.25, 0.3) is 0 Å². The van der Waals surface area contributed by atoms with Crippen molar-refractivity contribution in [3.63, 3.8) is 0 Å². The van der Waals surface area contributed by atoms with Crippen molar-refractivity contribution in [3.05, 3.63) is 66.2 Å². The minimum Gasteiger partial charge on any atom is -0.338 e. The summed E-state index contributed by atoms with van der Waals surface area (Å²) in [4.78, 5) is 8.79. The highest BCUT2D eigenvalue weighted by atomic mass is 16.5. The van der Waals surface area contributed by atoms with Crippen molar-refractivity contribution >= 4 is 0 Å². The van der Waals surface area contributed by atoms with Crippen LogP contribution in [-0.2, 0) is 0 Å². The zero-order valence-electron chi connectivity index (χ0n) is 12.1. The summed E-state index contributed by atoms with van der Waals surface area (Å²) in [5.74, 6) is 1.63. The lowest BCUT2D eigenvalue weighted by Gasteiger charge is -2.16. The smallest absolute Gasteiger partial charge is 0.234 e. The van der Waals surface area contributed by atoms with Gasteiger partial charge in [-0.3, -0.25) is 4.98 Å². The Bertz CT molecular complexity index is 692. The first-order chi connectivity index (χ1) is 10.3. The summed E-state index contributed by atoms with van der Waals surface area (Å²) >= 11 is 0. The number of hydrogen-bond acceptors (Lipinski definition) is 4. The zero-order valence-corrected chi connectivity index (χ0v) is 12.1. The van der Waals surface area contributed by atoms with Gasteiger partial charge in [-0.15, -0.1) is 0 Å². The number of nitrogens with zero attached hydrogens (tertiary/aromatic N) is 3. The Labute approximate surface area is 123 Å². The van der Waals surface area contributed by atoms with E-state index in [4.69, 9.17) is 4.52 Å². The fourth-order valence-electron chi connectivity index (χ4n) is 2.43. The van der Waals surface area contributed by atoms with Crippen molar-refractivity contribution in [1.82, 2.24) is 15.1 Å². The van der Waals surface area contributed by atoms with Gasteiger partial charge in [-0.25, -0.2) is 0 Å². The maximum atomic E-state index is 5.50. The second-order valence-electron chi connectivity index (χ2n) is 5.30. The van der Waals surface area contributed by atoms with Crippen LogP contribution in [0.4, 0.5) is 0 Å². The highest BCUT2D eigenvalue weighted by molar-refractivity contribution is 5.47. The first-order valence-corrected chi connectivity index (χ1v) is 7.05. The van der Waals surface area contributed by atoms with E-state index in [2.05, 4.69) is 41.1 Å². The zero-order chi connectivity index (χ0) is 14.7. The average Bonchev–Trinajstić information content (AvgIpc) is 2.98. The topological polar surface area (TPSA) is 51.8 Å². The van der Waals surface area contributed by atoms with Crippen molar-refractivity contribution in [2.24, 2.45) is 5.92 Å². The molecule has 0 saturated heterocycles.